The molecule has 230 valence electrons. The molecule has 2 aliphatic rings. The van der Waals surface area contributed by atoms with Crippen molar-refractivity contribution in [3.05, 3.63) is 15.6 Å². The Hall–Kier alpha value is -1.40. The first-order chi connectivity index (χ1) is 18.5. The van der Waals surface area contributed by atoms with Crippen LogP contribution >= 0.6 is 0 Å². The molecule has 1 aromatic carbocycles. The molecule has 2 saturated heterocycles. The molecule has 0 atom stereocenters. The van der Waals surface area contributed by atoms with Crippen LogP contribution in [0.25, 0.3) is 0 Å². The van der Waals surface area contributed by atoms with Crippen molar-refractivity contribution >= 4 is 5.69 Å². The summed E-state index contributed by atoms with van der Waals surface area (Å²) in [6.07, 6.45) is 13.1. The Balaban J connectivity index is 2.06. The van der Waals surface area contributed by atoms with Gasteiger partial charge in [0.2, 0.25) is 5.75 Å². The highest BCUT2D eigenvalue weighted by molar-refractivity contribution is 5.63. The first kappa shape index (κ1) is 33.1. The average Bonchev–Trinajstić information content (AvgIpc) is 2.78. The zero-order valence-electron chi connectivity index (χ0n) is 27.8. The number of hydrogen-bond donors (Lipinski definition) is 3. The van der Waals surface area contributed by atoms with E-state index in [1.807, 2.05) is 0 Å². The summed E-state index contributed by atoms with van der Waals surface area (Å²) in [7, 11) is 0. The van der Waals surface area contributed by atoms with Crippen molar-refractivity contribution in [3.63, 3.8) is 0 Å². The summed E-state index contributed by atoms with van der Waals surface area (Å²) >= 11 is 0. The number of piperidine rings is 2. The van der Waals surface area contributed by atoms with E-state index < -0.39 is 0 Å². The van der Waals surface area contributed by atoms with Gasteiger partial charge in [0.1, 0.15) is 12.2 Å². The zero-order valence-corrected chi connectivity index (χ0v) is 27.8. The lowest BCUT2D eigenvalue weighted by Gasteiger charge is -2.50. The summed E-state index contributed by atoms with van der Waals surface area (Å²) in [5.41, 5.74) is 0.535. The summed E-state index contributed by atoms with van der Waals surface area (Å²) in [5.74, 6) is 0.249. The Kier molecular flexibility index (Phi) is 10.6. The van der Waals surface area contributed by atoms with Crippen molar-refractivity contribution in [1.82, 2.24) is 15.2 Å². The summed E-state index contributed by atoms with van der Waals surface area (Å²) in [5, 5.41) is 20.0. The lowest BCUT2D eigenvalue weighted by atomic mass is 9.78. The lowest BCUT2D eigenvalue weighted by Crippen LogP contribution is -2.65. The van der Waals surface area contributed by atoms with Gasteiger partial charge in [-0.1, -0.05) is 46.0 Å². The minimum atomic E-state index is -0.0266. The van der Waals surface area contributed by atoms with Crippen molar-refractivity contribution in [3.8, 4) is 5.75 Å². The van der Waals surface area contributed by atoms with Crippen LogP contribution in [0.5, 0.6) is 5.75 Å². The van der Waals surface area contributed by atoms with Gasteiger partial charge in [-0.25, -0.2) is 4.58 Å². The van der Waals surface area contributed by atoms with E-state index in [0.29, 0.717) is 11.0 Å². The van der Waals surface area contributed by atoms with E-state index in [-0.39, 0.29) is 45.4 Å². The van der Waals surface area contributed by atoms with Crippen molar-refractivity contribution in [2.24, 2.45) is 0 Å². The minimum absolute atomic E-state index is 0.0266. The molecule has 2 fully saturated rings. The van der Waals surface area contributed by atoms with E-state index in [1.165, 1.54) is 25.7 Å². The van der Waals surface area contributed by atoms with Gasteiger partial charge in [-0.15, -0.1) is 0 Å². The molecule has 0 aliphatic carbocycles. The molecule has 3 rings (SSSR count). The van der Waals surface area contributed by atoms with Crippen LogP contribution in [0.4, 0.5) is 5.69 Å². The first-order valence-corrected chi connectivity index (χ1v) is 16.5. The number of anilines is 1. The van der Waals surface area contributed by atoms with Crippen LogP contribution in [-0.2, 0) is 0 Å². The van der Waals surface area contributed by atoms with Gasteiger partial charge < -0.3 is 20.6 Å². The molecule has 0 spiro atoms. The van der Waals surface area contributed by atoms with E-state index >= 15 is 0 Å². The van der Waals surface area contributed by atoms with Gasteiger partial charge in [-0.3, -0.25) is 4.79 Å². The van der Waals surface area contributed by atoms with Crippen LogP contribution in [0.2, 0.25) is 0 Å². The molecule has 6 heteroatoms. The van der Waals surface area contributed by atoms with Crippen LogP contribution in [0.15, 0.2) is 4.79 Å². The molecule has 3 N–H and O–H groups in total. The minimum Gasteiger partial charge on any atom is -0.501 e. The fourth-order valence-corrected chi connectivity index (χ4v) is 8.26. The standard InChI is InChI=1S/C34H62N4O2/c1-11-13-15-17-19-37(25-21-31(3,4)35-32(5,6)22-25)27-29(39)28(30(27)40)38(20-18-16-14-12-2)26-23-33(7,8)36-34(9,10)24-26/h25-26,35-36H,11-24H2,1-10H3/p+1. The van der Waals surface area contributed by atoms with Gasteiger partial charge in [-0.05, 0) is 81.1 Å². The van der Waals surface area contributed by atoms with Crippen molar-refractivity contribution in [2.45, 2.75) is 181 Å². The van der Waals surface area contributed by atoms with Gasteiger partial charge in [-0.2, -0.15) is 0 Å². The van der Waals surface area contributed by atoms with Crippen molar-refractivity contribution < 1.29 is 5.11 Å². The van der Waals surface area contributed by atoms with Crippen LogP contribution in [0.1, 0.15) is 146 Å². The first-order valence-electron chi connectivity index (χ1n) is 16.5. The smallest absolute Gasteiger partial charge is 0.294 e. The number of unbranched alkanes of at least 4 members (excludes halogenated alkanes) is 6. The molecule has 2 aliphatic heterocycles. The monoisotopic (exact) mass is 559 g/mol. The molecule has 1 aromatic rings. The third kappa shape index (κ3) is 8.33. The SMILES string of the molecule is CCCCCCN(c1c(O)c(=[N+](CCCCCC)C2CC(C)(C)NC(C)(C)C2)c1=O)C1CC(C)(C)NC(C)(C)C1. The summed E-state index contributed by atoms with van der Waals surface area (Å²) in [6, 6.07) is 0.454. The number of nitrogens with zero attached hydrogens (tertiary/aromatic N) is 2. The van der Waals surface area contributed by atoms with Gasteiger partial charge >= 0.3 is 0 Å². The van der Waals surface area contributed by atoms with Crippen LogP contribution in [-0.4, -0.2) is 52.4 Å². The maximum atomic E-state index is 14.2. The Morgan fingerprint density at radius 1 is 0.750 bits per heavy atom. The maximum absolute atomic E-state index is 14.2. The third-order valence-electron chi connectivity index (χ3n) is 9.18. The quantitative estimate of drug-likeness (QED) is 0.205. The third-order valence-corrected chi connectivity index (χ3v) is 9.18. The number of aromatic hydroxyl groups is 1. The van der Waals surface area contributed by atoms with Gasteiger partial charge in [0, 0.05) is 54.0 Å². The molecule has 0 saturated carbocycles. The maximum Gasteiger partial charge on any atom is 0.294 e. The Morgan fingerprint density at radius 3 is 1.70 bits per heavy atom. The van der Waals surface area contributed by atoms with Crippen molar-refractivity contribution in [2.75, 3.05) is 18.0 Å². The highest BCUT2D eigenvalue weighted by atomic mass is 16.3. The van der Waals surface area contributed by atoms with Crippen LogP contribution in [0.3, 0.4) is 0 Å². The topological polar surface area (TPSA) is 67.6 Å². The molecule has 0 unspecified atom stereocenters. The predicted octanol–water partition coefficient (Wildman–Crippen LogP) is 5.99. The second-order valence-corrected chi connectivity index (χ2v) is 15.8. The second-order valence-electron chi connectivity index (χ2n) is 15.8. The Labute approximate surface area is 245 Å². The molecule has 6 nitrogen and oxygen atoms in total. The molecule has 0 bridgehead atoms. The van der Waals surface area contributed by atoms with Crippen LogP contribution < -0.4 is 30.9 Å². The summed E-state index contributed by atoms with van der Waals surface area (Å²) in [6.45, 7) is 24.3. The molecule has 40 heavy (non-hydrogen) atoms. The van der Waals surface area contributed by atoms with Crippen molar-refractivity contribution in [1.29, 1.82) is 0 Å². The highest BCUT2D eigenvalue weighted by Gasteiger charge is 2.46. The van der Waals surface area contributed by atoms with Crippen LogP contribution in [0, 0.1) is 0 Å². The number of nitrogens with one attached hydrogen (secondary N) is 2. The second kappa shape index (κ2) is 12.9. The predicted molar refractivity (Wildman–Crippen MR) is 171 cm³/mol. The van der Waals surface area contributed by atoms with E-state index in [2.05, 4.69) is 89.3 Å². The number of rotatable bonds is 13. The summed E-state index contributed by atoms with van der Waals surface area (Å²) < 4.78 is 2.31. The molecule has 0 amide bonds. The van der Waals surface area contributed by atoms with E-state index in [0.717, 1.165) is 64.5 Å². The molecular formula is C34H63N4O2+. The molecule has 0 aromatic heterocycles. The zero-order chi connectivity index (χ0) is 29.9. The van der Waals surface area contributed by atoms with E-state index in [1.54, 1.807) is 0 Å². The van der Waals surface area contributed by atoms with Gasteiger partial charge in [0.15, 0.2) is 6.04 Å². The Bertz CT molecular complexity index is 1030. The summed E-state index contributed by atoms with van der Waals surface area (Å²) in [4.78, 5) is 16.5. The molecule has 2 heterocycles. The Morgan fingerprint density at radius 2 is 1.23 bits per heavy atom. The number of hydrogen-bond acceptors (Lipinski definition) is 5. The average molecular weight is 560 g/mol. The van der Waals surface area contributed by atoms with E-state index in [4.69, 9.17) is 0 Å². The van der Waals surface area contributed by atoms with E-state index in [9.17, 15) is 9.90 Å². The van der Waals surface area contributed by atoms with Gasteiger partial charge in [0.05, 0.1) is 0 Å². The molecular weight excluding hydrogens is 496 g/mol. The fraction of sp³-hybridized carbons (Fsp3) is 0.882. The lowest BCUT2D eigenvalue weighted by molar-refractivity contribution is 0.132. The largest absolute Gasteiger partial charge is 0.501 e. The fourth-order valence-electron chi connectivity index (χ4n) is 8.26. The normalized spacial score (nSPS) is 23.4. The highest BCUT2D eigenvalue weighted by Crippen LogP contribution is 2.36. The van der Waals surface area contributed by atoms with Gasteiger partial charge in [0.25, 0.3) is 10.8 Å². The molecule has 0 radical (unpaired) electrons.